The minimum Gasteiger partial charge on any atom is -0.320 e. The summed E-state index contributed by atoms with van der Waals surface area (Å²) < 4.78 is 27.5. The van der Waals surface area contributed by atoms with Gasteiger partial charge in [-0.15, -0.1) is 0 Å². The lowest BCUT2D eigenvalue weighted by molar-refractivity contribution is 0.538. The molecule has 4 nitrogen and oxygen atoms in total. The summed E-state index contributed by atoms with van der Waals surface area (Å²) in [5.74, 6) is 0.618. The Kier molecular flexibility index (Phi) is 5.79. The molecular formula is C16H26N2O2S. The van der Waals surface area contributed by atoms with Crippen LogP contribution in [0.1, 0.15) is 38.2 Å². The van der Waals surface area contributed by atoms with Gasteiger partial charge in [0.1, 0.15) is 0 Å². The standard InChI is InChI=1S/C16H26N2O2S/c1-13-5-8-15(12-13)18-21(19,20)16-9-6-14(7-10-16)4-3-11-17-2/h6-7,9-10,13,15,17-18H,3-5,8,11-12H2,1-2H3. The summed E-state index contributed by atoms with van der Waals surface area (Å²) in [6, 6.07) is 7.37. The molecule has 21 heavy (non-hydrogen) atoms. The number of sulfonamides is 1. The van der Waals surface area contributed by atoms with E-state index >= 15 is 0 Å². The first kappa shape index (κ1) is 16.5. The lowest BCUT2D eigenvalue weighted by atomic mass is 10.1. The largest absolute Gasteiger partial charge is 0.320 e. The van der Waals surface area contributed by atoms with E-state index in [4.69, 9.17) is 0 Å². The van der Waals surface area contributed by atoms with Crippen molar-refractivity contribution in [3.05, 3.63) is 29.8 Å². The summed E-state index contributed by atoms with van der Waals surface area (Å²) >= 11 is 0. The third kappa shape index (κ3) is 4.80. The molecule has 1 saturated carbocycles. The van der Waals surface area contributed by atoms with Gasteiger partial charge in [-0.25, -0.2) is 13.1 Å². The molecule has 0 radical (unpaired) electrons. The third-order valence-corrected chi connectivity index (χ3v) is 5.68. The highest BCUT2D eigenvalue weighted by Crippen LogP contribution is 2.26. The van der Waals surface area contributed by atoms with Gasteiger partial charge < -0.3 is 5.32 Å². The van der Waals surface area contributed by atoms with E-state index in [0.717, 1.165) is 38.6 Å². The Labute approximate surface area is 128 Å². The van der Waals surface area contributed by atoms with Crippen LogP contribution in [-0.4, -0.2) is 28.1 Å². The Bertz CT molecular complexity index is 540. The normalized spacial score (nSPS) is 22.6. The van der Waals surface area contributed by atoms with Crippen LogP contribution in [0.2, 0.25) is 0 Å². The van der Waals surface area contributed by atoms with E-state index in [0.29, 0.717) is 10.8 Å². The molecule has 1 aromatic rings. The molecule has 1 aliphatic carbocycles. The molecule has 0 heterocycles. The minimum absolute atomic E-state index is 0.0975. The van der Waals surface area contributed by atoms with E-state index in [1.807, 2.05) is 19.2 Å². The zero-order valence-corrected chi connectivity index (χ0v) is 13.7. The van der Waals surface area contributed by atoms with Crippen LogP contribution in [0.5, 0.6) is 0 Å². The van der Waals surface area contributed by atoms with Crippen LogP contribution in [0.4, 0.5) is 0 Å². The van der Waals surface area contributed by atoms with Crippen molar-refractivity contribution >= 4 is 10.0 Å². The molecule has 0 saturated heterocycles. The van der Waals surface area contributed by atoms with Crippen LogP contribution in [0.25, 0.3) is 0 Å². The summed E-state index contributed by atoms with van der Waals surface area (Å²) in [5, 5.41) is 3.11. The summed E-state index contributed by atoms with van der Waals surface area (Å²) in [6.07, 6.45) is 5.02. The first-order chi connectivity index (χ1) is 10.0. The summed E-state index contributed by atoms with van der Waals surface area (Å²) in [6.45, 7) is 3.15. The maximum atomic E-state index is 12.3. The van der Waals surface area contributed by atoms with E-state index in [1.165, 1.54) is 5.56 Å². The van der Waals surface area contributed by atoms with Crippen molar-refractivity contribution in [3.63, 3.8) is 0 Å². The molecule has 0 bridgehead atoms. The highest BCUT2D eigenvalue weighted by molar-refractivity contribution is 7.89. The van der Waals surface area contributed by atoms with Crippen molar-refractivity contribution in [1.82, 2.24) is 10.0 Å². The quantitative estimate of drug-likeness (QED) is 0.760. The Hall–Kier alpha value is -0.910. The zero-order valence-electron chi connectivity index (χ0n) is 12.9. The van der Waals surface area contributed by atoms with Crippen LogP contribution in [-0.2, 0) is 16.4 Å². The molecule has 1 aliphatic rings. The molecule has 2 rings (SSSR count). The molecule has 0 spiro atoms. The average Bonchev–Trinajstić information content (AvgIpc) is 2.84. The predicted octanol–water partition coefficient (Wildman–Crippen LogP) is 2.31. The maximum Gasteiger partial charge on any atom is 0.240 e. The number of aryl methyl sites for hydroxylation is 1. The monoisotopic (exact) mass is 310 g/mol. The van der Waals surface area contributed by atoms with Gasteiger partial charge in [-0.2, -0.15) is 0 Å². The highest BCUT2D eigenvalue weighted by atomic mass is 32.2. The van der Waals surface area contributed by atoms with E-state index in [1.54, 1.807) is 12.1 Å². The molecule has 118 valence electrons. The van der Waals surface area contributed by atoms with Gasteiger partial charge in [0.05, 0.1) is 4.90 Å². The minimum atomic E-state index is -3.37. The molecule has 0 aliphatic heterocycles. The summed E-state index contributed by atoms with van der Waals surface area (Å²) in [7, 11) is -1.44. The van der Waals surface area contributed by atoms with Crippen molar-refractivity contribution in [2.75, 3.05) is 13.6 Å². The molecule has 2 N–H and O–H groups in total. The Morgan fingerprint density at radius 3 is 2.48 bits per heavy atom. The number of nitrogens with one attached hydrogen (secondary N) is 2. The van der Waals surface area contributed by atoms with E-state index in [9.17, 15) is 8.42 Å². The second-order valence-corrected chi connectivity index (χ2v) is 7.80. The first-order valence-electron chi connectivity index (χ1n) is 7.77. The number of benzene rings is 1. The van der Waals surface area contributed by atoms with Crippen molar-refractivity contribution in [2.24, 2.45) is 5.92 Å². The molecule has 2 unspecified atom stereocenters. The fraction of sp³-hybridized carbons (Fsp3) is 0.625. The van der Waals surface area contributed by atoms with Gasteiger partial charge in [-0.05, 0) is 69.3 Å². The lowest BCUT2D eigenvalue weighted by Crippen LogP contribution is -2.32. The van der Waals surface area contributed by atoms with E-state index in [-0.39, 0.29) is 6.04 Å². The van der Waals surface area contributed by atoms with Crippen molar-refractivity contribution in [1.29, 1.82) is 0 Å². The van der Waals surface area contributed by atoms with Crippen LogP contribution in [0.3, 0.4) is 0 Å². The zero-order chi connectivity index (χ0) is 15.3. The fourth-order valence-electron chi connectivity index (χ4n) is 2.91. The summed E-state index contributed by atoms with van der Waals surface area (Å²) in [5.41, 5.74) is 1.18. The Morgan fingerprint density at radius 2 is 1.90 bits per heavy atom. The molecular weight excluding hydrogens is 284 g/mol. The predicted molar refractivity (Wildman–Crippen MR) is 85.8 cm³/mol. The molecule has 5 heteroatoms. The Balaban J connectivity index is 1.96. The van der Waals surface area contributed by atoms with Crippen molar-refractivity contribution < 1.29 is 8.42 Å². The first-order valence-corrected chi connectivity index (χ1v) is 9.25. The van der Waals surface area contributed by atoms with Gasteiger partial charge in [0.25, 0.3) is 0 Å². The smallest absolute Gasteiger partial charge is 0.240 e. The van der Waals surface area contributed by atoms with Crippen LogP contribution in [0, 0.1) is 5.92 Å². The van der Waals surface area contributed by atoms with Crippen molar-refractivity contribution in [2.45, 2.75) is 50.0 Å². The van der Waals surface area contributed by atoms with E-state index < -0.39 is 10.0 Å². The lowest BCUT2D eigenvalue weighted by Gasteiger charge is -2.13. The second-order valence-electron chi connectivity index (χ2n) is 6.09. The number of hydrogen-bond donors (Lipinski definition) is 2. The molecule has 0 amide bonds. The van der Waals surface area contributed by atoms with E-state index in [2.05, 4.69) is 17.0 Å². The van der Waals surface area contributed by atoms with Gasteiger partial charge in [-0.3, -0.25) is 0 Å². The summed E-state index contributed by atoms with van der Waals surface area (Å²) in [4.78, 5) is 0.374. The SMILES string of the molecule is CNCCCc1ccc(S(=O)(=O)NC2CCC(C)C2)cc1. The average molecular weight is 310 g/mol. The molecule has 0 aromatic heterocycles. The van der Waals surface area contributed by atoms with Crippen LogP contribution < -0.4 is 10.0 Å². The fourth-order valence-corrected chi connectivity index (χ4v) is 4.19. The topological polar surface area (TPSA) is 58.2 Å². The van der Waals surface area contributed by atoms with Gasteiger partial charge in [0, 0.05) is 6.04 Å². The van der Waals surface area contributed by atoms with Gasteiger partial charge >= 0.3 is 0 Å². The molecule has 1 aromatic carbocycles. The number of rotatable bonds is 7. The van der Waals surface area contributed by atoms with Crippen molar-refractivity contribution in [3.8, 4) is 0 Å². The second kappa shape index (κ2) is 7.38. The number of hydrogen-bond acceptors (Lipinski definition) is 3. The van der Waals surface area contributed by atoms with Crippen LogP contribution in [0.15, 0.2) is 29.2 Å². The van der Waals surface area contributed by atoms with Gasteiger partial charge in [0.2, 0.25) is 10.0 Å². The maximum absolute atomic E-state index is 12.3. The molecule has 1 fully saturated rings. The third-order valence-electron chi connectivity index (χ3n) is 4.14. The Morgan fingerprint density at radius 1 is 1.19 bits per heavy atom. The van der Waals surface area contributed by atoms with Gasteiger partial charge in [0.15, 0.2) is 0 Å². The van der Waals surface area contributed by atoms with Gasteiger partial charge in [-0.1, -0.05) is 19.1 Å². The highest BCUT2D eigenvalue weighted by Gasteiger charge is 2.26. The van der Waals surface area contributed by atoms with Crippen LogP contribution >= 0.6 is 0 Å². The molecule has 2 atom stereocenters.